The maximum atomic E-state index is 13.3. The van der Waals surface area contributed by atoms with Crippen LogP contribution in [0.25, 0.3) is 22.1 Å². The van der Waals surface area contributed by atoms with E-state index in [9.17, 15) is 26.4 Å². The Labute approximate surface area is 379 Å². The van der Waals surface area contributed by atoms with Gasteiger partial charge >= 0.3 is 5.97 Å². The first-order valence-corrected chi connectivity index (χ1v) is 24.7. The highest BCUT2D eigenvalue weighted by molar-refractivity contribution is 7.90. The molecule has 0 spiro atoms. The third-order valence-corrected chi connectivity index (χ3v) is 14.6. The molecule has 0 aliphatic carbocycles. The first-order chi connectivity index (χ1) is 30.5. The smallest absolute Gasteiger partial charge is 0.338 e. The molecule has 0 saturated carbocycles. The van der Waals surface area contributed by atoms with Crippen LogP contribution in [0, 0.1) is 11.8 Å². The summed E-state index contributed by atoms with van der Waals surface area (Å²) in [4.78, 5) is 33.0. The van der Waals surface area contributed by atoms with Gasteiger partial charge in [0.1, 0.15) is 11.6 Å². The van der Waals surface area contributed by atoms with Crippen LogP contribution in [0.4, 0.5) is 0 Å². The zero-order valence-electron chi connectivity index (χ0n) is 38.2. The van der Waals surface area contributed by atoms with Gasteiger partial charge in [0.15, 0.2) is 0 Å². The number of benzene rings is 2. The van der Waals surface area contributed by atoms with Crippen molar-refractivity contribution in [1.82, 2.24) is 42.8 Å². The van der Waals surface area contributed by atoms with E-state index in [4.69, 9.17) is 24.5 Å². The molecule has 6 heterocycles. The van der Waals surface area contributed by atoms with Crippen LogP contribution < -0.4 is 5.32 Å². The number of aromatic carboxylic acids is 1. The molecule has 2 aromatic carbocycles. The number of nitrogens with one attached hydrogen (secondary N) is 1. The lowest BCUT2D eigenvalue weighted by molar-refractivity contribution is 0.0610. The van der Waals surface area contributed by atoms with Gasteiger partial charge in [-0.15, -0.1) is 0 Å². The molecule has 0 bridgehead atoms. The van der Waals surface area contributed by atoms with Crippen LogP contribution in [0.15, 0.2) is 71.0 Å². The topological polar surface area (TPSA) is 224 Å². The third-order valence-electron chi connectivity index (χ3n) is 11.5. The summed E-state index contributed by atoms with van der Waals surface area (Å²) in [7, 11) is -8.01. The number of nitrogens with zero attached hydrogens (tertiary/aromatic N) is 8. The Morgan fingerprint density at radius 1 is 0.692 bits per heavy atom. The largest absolute Gasteiger partial charge is 0.478 e. The lowest BCUT2D eigenvalue weighted by Crippen LogP contribution is -2.29. The first-order valence-electron chi connectivity index (χ1n) is 21.9. The number of carbonyl (C=O) groups excluding carboxylic acids is 1. The molecule has 2 saturated heterocycles. The number of carboxylic acid groups (broad SMARTS) is 1. The molecule has 65 heavy (non-hydrogen) atoms. The Balaban J connectivity index is 0.000000195. The molecule has 2 aliphatic rings. The van der Waals surface area contributed by atoms with Gasteiger partial charge in [0, 0.05) is 56.4 Å². The molecule has 2 N–H and O–H groups in total. The van der Waals surface area contributed by atoms with E-state index in [2.05, 4.69) is 66.2 Å². The summed E-state index contributed by atoms with van der Waals surface area (Å²) in [5, 5.41) is 19.4. The molecule has 6 aromatic rings. The summed E-state index contributed by atoms with van der Waals surface area (Å²) in [6.07, 6.45) is 8.48. The summed E-state index contributed by atoms with van der Waals surface area (Å²) in [6.45, 7) is 20.9. The van der Waals surface area contributed by atoms with Crippen molar-refractivity contribution in [3.8, 4) is 0 Å². The minimum Gasteiger partial charge on any atom is -0.478 e. The summed E-state index contributed by atoms with van der Waals surface area (Å²) in [5.74, 6) is 1.20. The number of aromatic nitrogens is 8. The van der Waals surface area contributed by atoms with Gasteiger partial charge in [-0.2, -0.15) is 35.2 Å². The zero-order valence-corrected chi connectivity index (χ0v) is 39.8. The van der Waals surface area contributed by atoms with E-state index in [-0.39, 0.29) is 43.7 Å². The predicted molar refractivity (Wildman–Crippen MR) is 243 cm³/mol. The molecule has 20 heteroatoms. The van der Waals surface area contributed by atoms with Crippen LogP contribution in [-0.2, 0) is 53.4 Å². The SMILES string of the molecule is CC(C)(C)c1nc2cc(S(=O)(=O)n3cc(C(=O)O)cn3)ccc2n1CC1CCOCC1.CC(C)NC(=O)c1cnn(S(=O)(=O)c2ccc3c(c2)nc(C(C)(C)C)n3CC2CCOCC2)c1. The second-order valence-electron chi connectivity index (χ2n) is 19.2. The van der Waals surface area contributed by atoms with E-state index in [0.717, 1.165) is 104 Å². The number of carboxylic acids is 1. The maximum Gasteiger partial charge on any atom is 0.338 e. The van der Waals surface area contributed by atoms with Gasteiger partial charge in [0.25, 0.3) is 26.0 Å². The lowest BCUT2D eigenvalue weighted by atomic mass is 9.94. The van der Waals surface area contributed by atoms with E-state index in [1.807, 2.05) is 19.9 Å². The van der Waals surface area contributed by atoms with Crippen molar-refractivity contribution in [3.05, 3.63) is 84.0 Å². The quantitative estimate of drug-likeness (QED) is 0.147. The van der Waals surface area contributed by atoms with Gasteiger partial charge in [-0.25, -0.2) is 14.8 Å². The monoisotopic (exact) mass is 933 g/mol. The van der Waals surface area contributed by atoms with Crippen LogP contribution in [0.3, 0.4) is 0 Å². The molecule has 4 aromatic heterocycles. The van der Waals surface area contributed by atoms with Gasteiger partial charge < -0.3 is 29.0 Å². The van der Waals surface area contributed by atoms with Crippen molar-refractivity contribution in [3.63, 3.8) is 0 Å². The van der Waals surface area contributed by atoms with Gasteiger partial charge in [-0.05, 0) is 87.8 Å². The van der Waals surface area contributed by atoms with Crippen molar-refractivity contribution in [2.45, 2.75) is 121 Å². The van der Waals surface area contributed by atoms with E-state index in [1.165, 1.54) is 24.5 Å². The van der Waals surface area contributed by atoms with Gasteiger partial charge in [0.05, 0.1) is 67.8 Å². The average Bonchev–Trinajstić information content (AvgIpc) is 4.07. The molecule has 0 unspecified atom stereocenters. The van der Waals surface area contributed by atoms with Gasteiger partial charge in [-0.1, -0.05) is 41.5 Å². The fraction of sp³-hybridized carbons (Fsp3) is 0.511. The number of hydrogen-bond acceptors (Lipinski definition) is 12. The fourth-order valence-corrected chi connectivity index (χ4v) is 10.4. The molecule has 1 amide bonds. The highest BCUT2D eigenvalue weighted by Gasteiger charge is 2.30. The Morgan fingerprint density at radius 3 is 1.46 bits per heavy atom. The molecule has 0 atom stereocenters. The van der Waals surface area contributed by atoms with E-state index >= 15 is 0 Å². The first kappa shape index (κ1) is 47.5. The number of rotatable bonds is 11. The normalized spacial score (nSPS) is 16.0. The van der Waals surface area contributed by atoms with Crippen LogP contribution in [-0.4, -0.2) is 104 Å². The summed E-state index contributed by atoms with van der Waals surface area (Å²) in [5.41, 5.74) is 2.57. The van der Waals surface area contributed by atoms with Gasteiger partial charge in [-0.3, -0.25) is 4.79 Å². The van der Waals surface area contributed by atoms with Crippen molar-refractivity contribution in [1.29, 1.82) is 0 Å². The molecule has 0 radical (unpaired) electrons. The predicted octanol–water partition coefficient (Wildman–Crippen LogP) is 6.22. The summed E-state index contributed by atoms with van der Waals surface area (Å²) >= 11 is 0. The number of hydrogen-bond donors (Lipinski definition) is 2. The van der Waals surface area contributed by atoms with Gasteiger partial charge in [0.2, 0.25) is 0 Å². The van der Waals surface area contributed by atoms with E-state index in [1.54, 1.807) is 18.2 Å². The van der Waals surface area contributed by atoms with Crippen LogP contribution in [0.5, 0.6) is 0 Å². The highest BCUT2D eigenvalue weighted by atomic mass is 32.2. The highest BCUT2D eigenvalue weighted by Crippen LogP contribution is 2.33. The minimum absolute atomic E-state index is 0.0104. The van der Waals surface area contributed by atoms with Crippen molar-refractivity contribution >= 4 is 54.0 Å². The van der Waals surface area contributed by atoms with E-state index in [0.29, 0.717) is 27.0 Å². The maximum absolute atomic E-state index is 13.3. The molecule has 8 rings (SSSR count). The number of imidazole rings is 2. The van der Waals surface area contributed by atoms with E-state index < -0.39 is 26.0 Å². The van der Waals surface area contributed by atoms with Crippen LogP contribution in [0.2, 0.25) is 0 Å². The van der Waals surface area contributed by atoms with Crippen molar-refractivity contribution in [2.24, 2.45) is 11.8 Å². The number of fused-ring (bicyclic) bond motifs is 2. The van der Waals surface area contributed by atoms with Crippen molar-refractivity contribution < 1.29 is 41.0 Å². The Kier molecular flexibility index (Phi) is 13.5. The molecular weight excluding hydrogens is 875 g/mol. The Morgan fingerprint density at radius 2 is 1.09 bits per heavy atom. The molecule has 2 aliphatic heterocycles. The average molecular weight is 934 g/mol. The van der Waals surface area contributed by atoms with Crippen LogP contribution in [0.1, 0.15) is 113 Å². The molecular formula is C45H59N9O9S2. The van der Waals surface area contributed by atoms with Crippen LogP contribution >= 0.6 is 0 Å². The summed E-state index contributed by atoms with van der Waals surface area (Å²) in [6, 6.07) is 9.75. The zero-order chi connectivity index (χ0) is 47.1. The second kappa shape index (κ2) is 18.4. The minimum atomic E-state index is -4.03. The number of ether oxygens (including phenoxy) is 2. The second-order valence-corrected chi connectivity index (χ2v) is 22.7. The Hall–Kier alpha value is -5.44. The molecule has 18 nitrogen and oxygen atoms in total. The number of amides is 1. The standard InChI is InChI=1S/C24H33N5O4S.C21H26N4O5S/c1-16(2)26-22(30)18-13-25-29(15-18)34(31,32)19-6-7-21-20(12-19)27-23(24(3,4)5)28(21)14-17-8-10-33-11-9-17;1-21(2,3)20-23-17-10-16(31(28,29)25-13-15(11-22-25)19(26)27)4-5-18(17)24(20)12-14-6-8-30-9-7-14/h6-7,12-13,15-17H,8-11,14H2,1-5H3,(H,26,30);4-5,10-11,13-14H,6-9,12H2,1-3H3,(H,26,27). The molecule has 2 fully saturated rings. The number of carbonyl (C=O) groups is 2. The molecule has 350 valence electrons. The van der Waals surface area contributed by atoms with Crippen molar-refractivity contribution in [2.75, 3.05) is 26.4 Å². The fourth-order valence-electron chi connectivity index (χ4n) is 8.09. The Bertz CT molecular complexity index is 2920. The summed E-state index contributed by atoms with van der Waals surface area (Å²) < 4.78 is 69.4. The lowest BCUT2D eigenvalue weighted by Gasteiger charge is -2.26. The third kappa shape index (κ3) is 10.3.